The number of para-hydroxylation sites is 2. The molecule has 0 radical (unpaired) electrons. The monoisotopic (exact) mass is 365 g/mol. The number of carbonyl (C=O) groups is 1. The fraction of sp³-hybridized carbons (Fsp3) is 0.333. The van der Waals surface area contributed by atoms with Crippen LogP contribution >= 0.6 is 11.3 Å². The maximum Gasteiger partial charge on any atom is 0.227 e. The van der Waals surface area contributed by atoms with E-state index in [0.29, 0.717) is 0 Å². The maximum absolute atomic E-state index is 12.7. The van der Waals surface area contributed by atoms with Crippen molar-refractivity contribution < 1.29 is 4.79 Å². The molecular formula is C21H23N3OS. The molecule has 1 aromatic heterocycles. The predicted octanol–water partition coefficient (Wildman–Crippen LogP) is 4.77. The van der Waals surface area contributed by atoms with Gasteiger partial charge in [0.05, 0.1) is 10.2 Å². The van der Waals surface area contributed by atoms with Crippen molar-refractivity contribution in [2.24, 2.45) is 5.92 Å². The highest BCUT2D eigenvalue weighted by atomic mass is 32.1. The first-order valence-electron chi connectivity index (χ1n) is 9.09. The lowest BCUT2D eigenvalue weighted by Crippen LogP contribution is -2.38. The normalized spacial score (nSPS) is 15.4. The Morgan fingerprint density at radius 1 is 1.08 bits per heavy atom. The third-order valence-corrected chi connectivity index (χ3v) is 6.25. The number of aryl methyl sites for hydroxylation is 2. The fourth-order valence-corrected chi connectivity index (χ4v) is 4.58. The molecule has 0 aliphatic carbocycles. The van der Waals surface area contributed by atoms with E-state index in [1.807, 2.05) is 38.1 Å². The van der Waals surface area contributed by atoms with Gasteiger partial charge in [0.1, 0.15) is 0 Å². The summed E-state index contributed by atoms with van der Waals surface area (Å²) in [5.74, 6) is 0.214. The van der Waals surface area contributed by atoms with Gasteiger partial charge in [0, 0.05) is 24.7 Å². The van der Waals surface area contributed by atoms with Crippen LogP contribution in [0.3, 0.4) is 0 Å². The van der Waals surface area contributed by atoms with Crippen LogP contribution in [0, 0.1) is 19.8 Å². The minimum atomic E-state index is 0.0691. The second kappa shape index (κ2) is 7.08. The number of nitrogens with zero attached hydrogens (tertiary/aromatic N) is 2. The summed E-state index contributed by atoms with van der Waals surface area (Å²) in [7, 11) is 0. The Bertz CT molecular complexity index is 888. The van der Waals surface area contributed by atoms with Crippen molar-refractivity contribution >= 4 is 38.3 Å². The van der Waals surface area contributed by atoms with Crippen molar-refractivity contribution in [1.29, 1.82) is 0 Å². The van der Waals surface area contributed by atoms with E-state index >= 15 is 0 Å². The molecule has 5 heteroatoms. The third kappa shape index (κ3) is 3.31. The van der Waals surface area contributed by atoms with Crippen molar-refractivity contribution in [3.8, 4) is 0 Å². The van der Waals surface area contributed by atoms with E-state index < -0.39 is 0 Å². The van der Waals surface area contributed by atoms with Gasteiger partial charge in [0.25, 0.3) is 0 Å². The number of amides is 1. The van der Waals surface area contributed by atoms with Gasteiger partial charge in [-0.05, 0) is 49.9 Å². The molecule has 3 aromatic rings. The zero-order valence-electron chi connectivity index (χ0n) is 15.2. The summed E-state index contributed by atoms with van der Waals surface area (Å²) in [4.78, 5) is 19.8. The Morgan fingerprint density at radius 2 is 1.77 bits per heavy atom. The van der Waals surface area contributed by atoms with E-state index in [-0.39, 0.29) is 11.8 Å². The molecule has 2 aromatic carbocycles. The van der Waals surface area contributed by atoms with Gasteiger partial charge in [-0.3, -0.25) is 4.79 Å². The largest absolute Gasteiger partial charge is 0.348 e. The van der Waals surface area contributed by atoms with Crippen molar-refractivity contribution in [3.63, 3.8) is 0 Å². The minimum Gasteiger partial charge on any atom is -0.348 e. The van der Waals surface area contributed by atoms with Gasteiger partial charge < -0.3 is 10.2 Å². The summed E-state index contributed by atoms with van der Waals surface area (Å²) in [6, 6.07) is 14.3. The van der Waals surface area contributed by atoms with E-state index in [1.165, 1.54) is 4.70 Å². The van der Waals surface area contributed by atoms with E-state index in [9.17, 15) is 4.79 Å². The first-order valence-corrected chi connectivity index (χ1v) is 9.91. The predicted molar refractivity (Wildman–Crippen MR) is 109 cm³/mol. The number of anilines is 2. The van der Waals surface area contributed by atoms with Crippen molar-refractivity contribution in [2.45, 2.75) is 26.7 Å². The van der Waals surface area contributed by atoms with Crippen LogP contribution in [-0.2, 0) is 4.79 Å². The molecule has 4 nitrogen and oxygen atoms in total. The van der Waals surface area contributed by atoms with Crippen LogP contribution in [0.2, 0.25) is 0 Å². The SMILES string of the molecule is Cc1cccc(C)c1NC(=O)C1CCN(c2nc3ccccc3s2)CC1. The number of nitrogens with one attached hydrogen (secondary N) is 1. The van der Waals surface area contributed by atoms with Gasteiger partial charge in [0.2, 0.25) is 5.91 Å². The number of fused-ring (bicyclic) bond motifs is 1. The number of aromatic nitrogens is 1. The van der Waals surface area contributed by atoms with E-state index in [0.717, 1.165) is 53.4 Å². The lowest BCUT2D eigenvalue weighted by Gasteiger charge is -2.31. The lowest BCUT2D eigenvalue weighted by molar-refractivity contribution is -0.120. The van der Waals surface area contributed by atoms with Crippen LogP contribution in [0.4, 0.5) is 10.8 Å². The zero-order chi connectivity index (χ0) is 18.1. The molecule has 26 heavy (non-hydrogen) atoms. The average Bonchev–Trinajstić information content (AvgIpc) is 3.09. The summed E-state index contributed by atoms with van der Waals surface area (Å²) in [6.07, 6.45) is 1.74. The third-order valence-electron chi connectivity index (χ3n) is 5.15. The molecule has 4 rings (SSSR count). The van der Waals surface area contributed by atoms with Crippen LogP contribution in [0.15, 0.2) is 42.5 Å². The first kappa shape index (κ1) is 17.0. The second-order valence-electron chi connectivity index (χ2n) is 6.98. The highest BCUT2D eigenvalue weighted by Gasteiger charge is 2.27. The molecule has 2 heterocycles. The number of rotatable bonds is 3. The fourth-order valence-electron chi connectivity index (χ4n) is 3.57. The van der Waals surface area contributed by atoms with E-state index in [4.69, 9.17) is 4.98 Å². The summed E-state index contributed by atoms with van der Waals surface area (Å²) in [5.41, 5.74) is 4.25. The van der Waals surface area contributed by atoms with Gasteiger partial charge in [-0.15, -0.1) is 0 Å². The molecule has 0 atom stereocenters. The molecule has 1 fully saturated rings. The summed E-state index contributed by atoms with van der Waals surface area (Å²) in [6.45, 7) is 5.84. The van der Waals surface area contributed by atoms with Gasteiger partial charge in [-0.2, -0.15) is 0 Å². The molecule has 1 saturated heterocycles. The smallest absolute Gasteiger partial charge is 0.227 e. The van der Waals surface area contributed by atoms with E-state index in [1.54, 1.807) is 11.3 Å². The Labute approximate surface area is 157 Å². The Balaban J connectivity index is 1.40. The van der Waals surface area contributed by atoms with Crippen molar-refractivity contribution in [3.05, 3.63) is 53.6 Å². The van der Waals surface area contributed by atoms with Crippen molar-refractivity contribution in [2.75, 3.05) is 23.3 Å². The minimum absolute atomic E-state index is 0.0691. The summed E-state index contributed by atoms with van der Waals surface area (Å²) >= 11 is 1.73. The van der Waals surface area contributed by atoms with Crippen LogP contribution in [0.5, 0.6) is 0 Å². The van der Waals surface area contributed by atoms with Crippen LogP contribution in [-0.4, -0.2) is 24.0 Å². The summed E-state index contributed by atoms with van der Waals surface area (Å²) in [5, 5.41) is 4.22. The van der Waals surface area contributed by atoms with Gasteiger partial charge in [0.15, 0.2) is 5.13 Å². The van der Waals surface area contributed by atoms with Gasteiger partial charge in [-0.1, -0.05) is 41.7 Å². The molecule has 0 spiro atoms. The molecule has 1 aliphatic heterocycles. The quantitative estimate of drug-likeness (QED) is 0.727. The molecule has 134 valence electrons. The number of carbonyl (C=O) groups excluding carboxylic acids is 1. The molecule has 0 bridgehead atoms. The molecule has 1 amide bonds. The number of hydrogen-bond donors (Lipinski definition) is 1. The lowest BCUT2D eigenvalue weighted by atomic mass is 9.95. The van der Waals surface area contributed by atoms with E-state index in [2.05, 4.69) is 28.4 Å². The number of hydrogen-bond acceptors (Lipinski definition) is 4. The maximum atomic E-state index is 12.7. The highest BCUT2D eigenvalue weighted by Crippen LogP contribution is 2.32. The van der Waals surface area contributed by atoms with Crippen molar-refractivity contribution in [1.82, 2.24) is 4.98 Å². The standard InChI is InChI=1S/C21H23N3OS/c1-14-6-5-7-15(2)19(14)23-20(25)16-10-12-24(13-11-16)21-22-17-8-3-4-9-18(17)26-21/h3-9,16H,10-13H2,1-2H3,(H,23,25). The topological polar surface area (TPSA) is 45.2 Å². The average molecular weight is 366 g/mol. The molecule has 1 aliphatic rings. The Kier molecular flexibility index (Phi) is 4.64. The van der Waals surface area contributed by atoms with Crippen LogP contribution in [0.25, 0.3) is 10.2 Å². The second-order valence-corrected chi connectivity index (χ2v) is 7.99. The molecule has 0 saturated carbocycles. The van der Waals surface area contributed by atoms with Gasteiger partial charge in [-0.25, -0.2) is 4.98 Å². The first-order chi connectivity index (χ1) is 12.6. The molecule has 0 unspecified atom stereocenters. The number of benzene rings is 2. The number of thiazole rings is 1. The van der Waals surface area contributed by atoms with Crippen LogP contribution in [0.1, 0.15) is 24.0 Å². The van der Waals surface area contributed by atoms with Gasteiger partial charge >= 0.3 is 0 Å². The Morgan fingerprint density at radius 3 is 2.46 bits per heavy atom. The molecular weight excluding hydrogens is 342 g/mol. The number of piperidine rings is 1. The highest BCUT2D eigenvalue weighted by molar-refractivity contribution is 7.22. The summed E-state index contributed by atoms with van der Waals surface area (Å²) < 4.78 is 1.22. The zero-order valence-corrected chi connectivity index (χ0v) is 16.0. The Hall–Kier alpha value is -2.40. The molecule has 1 N–H and O–H groups in total. The van der Waals surface area contributed by atoms with Crippen LogP contribution < -0.4 is 10.2 Å².